The summed E-state index contributed by atoms with van der Waals surface area (Å²) in [7, 11) is 0. The molecule has 0 saturated carbocycles. The van der Waals surface area contributed by atoms with Gasteiger partial charge in [0.15, 0.2) is 0 Å². The van der Waals surface area contributed by atoms with Crippen molar-refractivity contribution in [3.05, 3.63) is 23.3 Å². The van der Waals surface area contributed by atoms with Gasteiger partial charge in [-0.15, -0.1) is 0 Å². The van der Waals surface area contributed by atoms with Crippen molar-refractivity contribution in [2.45, 2.75) is 20.3 Å². The summed E-state index contributed by atoms with van der Waals surface area (Å²) in [5.41, 5.74) is 0.770. The Kier molecular flexibility index (Phi) is 2.43. The zero-order chi connectivity index (χ0) is 9.14. The van der Waals surface area contributed by atoms with Gasteiger partial charge in [0.25, 0.3) is 0 Å². The molecule has 0 aromatic heterocycles. The molecule has 0 atom stereocenters. The molecule has 0 bridgehead atoms. The van der Waals surface area contributed by atoms with Crippen LogP contribution in [0.4, 0.5) is 0 Å². The molecular weight excluding hydrogens is 156 g/mol. The first-order valence-corrected chi connectivity index (χ1v) is 3.80. The molecule has 0 saturated heterocycles. The Morgan fingerprint density at radius 2 is 2.00 bits per heavy atom. The molecule has 0 fully saturated rings. The molecule has 1 heterocycles. The molecule has 0 aromatic carbocycles. The molecular formula is C9H10O3. The monoisotopic (exact) mass is 166 g/mol. The van der Waals surface area contributed by atoms with Crippen LogP contribution in [-0.4, -0.2) is 11.9 Å². The number of allylic oxidation sites excluding steroid dienone is 1. The lowest BCUT2D eigenvalue weighted by Gasteiger charge is -1.87. The van der Waals surface area contributed by atoms with Gasteiger partial charge in [0.2, 0.25) is 0 Å². The highest BCUT2D eigenvalue weighted by Gasteiger charge is 2.27. The lowest BCUT2D eigenvalue weighted by Crippen LogP contribution is -2.00. The van der Waals surface area contributed by atoms with Gasteiger partial charge in [0.05, 0.1) is 5.57 Å². The number of carbonyl (C=O) groups is 2. The van der Waals surface area contributed by atoms with Crippen LogP contribution in [0.5, 0.6) is 0 Å². The van der Waals surface area contributed by atoms with Gasteiger partial charge >= 0.3 is 11.9 Å². The number of cyclic esters (lactones) is 2. The average Bonchev–Trinajstić information content (AvgIpc) is 2.25. The molecule has 0 amide bonds. The molecule has 3 nitrogen and oxygen atoms in total. The van der Waals surface area contributed by atoms with E-state index in [0.717, 1.165) is 6.42 Å². The smallest absolute Gasteiger partial charge is 0.346 e. The van der Waals surface area contributed by atoms with Crippen molar-refractivity contribution in [2.75, 3.05) is 0 Å². The maximum Gasteiger partial charge on any atom is 0.346 e. The highest BCUT2D eigenvalue weighted by atomic mass is 16.6. The summed E-state index contributed by atoms with van der Waals surface area (Å²) in [5.74, 6) is -1.07. The molecule has 0 unspecified atom stereocenters. The number of hydrogen-bond donors (Lipinski definition) is 0. The Morgan fingerprint density at radius 1 is 1.33 bits per heavy atom. The van der Waals surface area contributed by atoms with Gasteiger partial charge in [0, 0.05) is 5.57 Å². The predicted molar refractivity (Wildman–Crippen MR) is 43.2 cm³/mol. The summed E-state index contributed by atoms with van der Waals surface area (Å²) < 4.78 is 4.38. The van der Waals surface area contributed by atoms with Crippen molar-refractivity contribution < 1.29 is 14.3 Å². The summed E-state index contributed by atoms with van der Waals surface area (Å²) in [5, 5.41) is 0. The van der Waals surface area contributed by atoms with Gasteiger partial charge < -0.3 is 4.74 Å². The fourth-order valence-corrected chi connectivity index (χ4v) is 0.908. The Hall–Kier alpha value is -1.38. The molecule has 1 aliphatic rings. The SMILES string of the molecule is CC/C=C/C1=C(C)C(=O)OC1=O. The highest BCUT2D eigenvalue weighted by molar-refractivity contribution is 6.13. The van der Waals surface area contributed by atoms with E-state index in [9.17, 15) is 9.59 Å². The summed E-state index contributed by atoms with van der Waals surface area (Å²) >= 11 is 0. The molecule has 1 rings (SSSR count). The minimum atomic E-state index is -0.540. The number of hydrogen-bond acceptors (Lipinski definition) is 3. The summed E-state index contributed by atoms with van der Waals surface area (Å²) in [6.45, 7) is 3.54. The van der Waals surface area contributed by atoms with Crippen LogP contribution in [-0.2, 0) is 14.3 Å². The number of ether oxygens (including phenoxy) is 1. The molecule has 64 valence electrons. The van der Waals surface area contributed by atoms with Crippen LogP contribution in [0.25, 0.3) is 0 Å². The van der Waals surface area contributed by atoms with Crippen molar-refractivity contribution in [3.8, 4) is 0 Å². The van der Waals surface area contributed by atoms with E-state index in [0.29, 0.717) is 11.1 Å². The Balaban J connectivity index is 2.93. The molecule has 1 aliphatic heterocycles. The molecule has 3 heteroatoms. The molecule has 0 spiro atoms. The fourth-order valence-electron chi connectivity index (χ4n) is 0.908. The van der Waals surface area contributed by atoms with Gasteiger partial charge in [-0.05, 0) is 13.3 Å². The summed E-state index contributed by atoms with van der Waals surface area (Å²) in [6.07, 6.45) is 4.28. The molecule has 0 radical (unpaired) electrons. The van der Waals surface area contributed by atoms with Crippen molar-refractivity contribution in [1.82, 2.24) is 0 Å². The Morgan fingerprint density at radius 3 is 2.42 bits per heavy atom. The topological polar surface area (TPSA) is 43.4 Å². The lowest BCUT2D eigenvalue weighted by molar-refractivity contribution is -0.150. The van der Waals surface area contributed by atoms with Crippen LogP contribution in [0.1, 0.15) is 20.3 Å². The first kappa shape index (κ1) is 8.71. The molecule has 0 N–H and O–H groups in total. The first-order chi connectivity index (χ1) is 5.66. The van der Waals surface area contributed by atoms with Gasteiger partial charge in [-0.25, -0.2) is 9.59 Å². The number of rotatable bonds is 2. The van der Waals surface area contributed by atoms with Crippen molar-refractivity contribution in [3.63, 3.8) is 0 Å². The standard InChI is InChI=1S/C9H10O3/c1-3-4-5-7-6(2)8(10)12-9(7)11/h4-5H,3H2,1-2H3/b5-4+. The van der Waals surface area contributed by atoms with E-state index in [4.69, 9.17) is 0 Å². The van der Waals surface area contributed by atoms with Crippen LogP contribution < -0.4 is 0 Å². The third-order valence-corrected chi connectivity index (χ3v) is 1.64. The Labute approximate surface area is 70.7 Å². The van der Waals surface area contributed by atoms with Gasteiger partial charge in [-0.2, -0.15) is 0 Å². The van der Waals surface area contributed by atoms with Crippen LogP contribution in [0.15, 0.2) is 23.3 Å². The van der Waals surface area contributed by atoms with E-state index in [1.54, 1.807) is 13.0 Å². The maximum atomic E-state index is 10.9. The average molecular weight is 166 g/mol. The molecule has 12 heavy (non-hydrogen) atoms. The van der Waals surface area contributed by atoms with Crippen LogP contribution in [0.3, 0.4) is 0 Å². The van der Waals surface area contributed by atoms with Gasteiger partial charge in [0.1, 0.15) is 0 Å². The van der Waals surface area contributed by atoms with Crippen LogP contribution in [0.2, 0.25) is 0 Å². The van der Waals surface area contributed by atoms with E-state index in [2.05, 4.69) is 4.74 Å². The van der Waals surface area contributed by atoms with E-state index in [1.165, 1.54) is 0 Å². The van der Waals surface area contributed by atoms with Crippen LogP contribution >= 0.6 is 0 Å². The van der Waals surface area contributed by atoms with Crippen molar-refractivity contribution in [2.24, 2.45) is 0 Å². The largest absolute Gasteiger partial charge is 0.386 e. The second-order valence-electron chi connectivity index (χ2n) is 2.53. The van der Waals surface area contributed by atoms with E-state index in [1.807, 2.05) is 13.0 Å². The van der Waals surface area contributed by atoms with Crippen molar-refractivity contribution >= 4 is 11.9 Å². The fraction of sp³-hybridized carbons (Fsp3) is 0.333. The molecule has 0 aliphatic carbocycles. The third kappa shape index (κ3) is 1.44. The predicted octanol–water partition coefficient (Wildman–Crippen LogP) is 1.35. The van der Waals surface area contributed by atoms with Crippen molar-refractivity contribution in [1.29, 1.82) is 0 Å². The zero-order valence-corrected chi connectivity index (χ0v) is 7.09. The van der Waals surface area contributed by atoms with Gasteiger partial charge in [-0.1, -0.05) is 19.1 Å². The number of carbonyl (C=O) groups excluding carboxylic acids is 2. The second kappa shape index (κ2) is 3.34. The molecule has 0 aromatic rings. The quantitative estimate of drug-likeness (QED) is 0.459. The van der Waals surface area contributed by atoms with E-state index >= 15 is 0 Å². The summed E-state index contributed by atoms with van der Waals surface area (Å²) in [4.78, 5) is 21.8. The third-order valence-electron chi connectivity index (χ3n) is 1.64. The summed E-state index contributed by atoms with van der Waals surface area (Å²) in [6, 6.07) is 0. The maximum absolute atomic E-state index is 10.9. The van der Waals surface area contributed by atoms with Gasteiger partial charge in [-0.3, -0.25) is 0 Å². The Bertz CT molecular complexity index is 284. The number of esters is 2. The lowest BCUT2D eigenvalue weighted by atomic mass is 10.1. The zero-order valence-electron chi connectivity index (χ0n) is 7.09. The van der Waals surface area contributed by atoms with E-state index in [-0.39, 0.29) is 0 Å². The normalized spacial score (nSPS) is 17.8. The second-order valence-corrected chi connectivity index (χ2v) is 2.53. The van der Waals surface area contributed by atoms with Crippen LogP contribution in [0, 0.1) is 0 Å². The minimum absolute atomic E-state index is 0.377. The highest BCUT2D eigenvalue weighted by Crippen LogP contribution is 2.17. The first-order valence-electron chi connectivity index (χ1n) is 3.80. The minimum Gasteiger partial charge on any atom is -0.386 e. The van der Waals surface area contributed by atoms with E-state index < -0.39 is 11.9 Å².